The Hall–Kier alpha value is -1.71. The topological polar surface area (TPSA) is 64.3 Å². The van der Waals surface area contributed by atoms with Crippen molar-refractivity contribution in [3.63, 3.8) is 0 Å². The number of carbonyl (C=O) groups excluding carboxylic acids is 1. The Morgan fingerprint density at radius 1 is 1.44 bits per heavy atom. The van der Waals surface area contributed by atoms with Crippen LogP contribution in [-0.2, 0) is 4.79 Å². The number of rotatable bonds is 5. The summed E-state index contributed by atoms with van der Waals surface area (Å²) in [7, 11) is 0. The second-order valence-corrected chi connectivity index (χ2v) is 4.60. The lowest BCUT2D eigenvalue weighted by Crippen LogP contribution is -2.41. The molecule has 4 nitrogen and oxygen atoms in total. The average Bonchev–Trinajstić information content (AvgIpc) is 2.33. The van der Waals surface area contributed by atoms with Crippen LogP contribution in [0.25, 0.3) is 0 Å². The predicted molar refractivity (Wildman–Crippen MR) is 73.6 cm³/mol. The van der Waals surface area contributed by atoms with Gasteiger partial charge in [0.05, 0.1) is 0 Å². The van der Waals surface area contributed by atoms with Crippen molar-refractivity contribution in [2.24, 2.45) is 0 Å². The minimum Gasteiger partial charge on any atom is -0.481 e. The molecule has 0 fully saturated rings. The van der Waals surface area contributed by atoms with Crippen molar-refractivity contribution in [1.29, 1.82) is 0 Å². The summed E-state index contributed by atoms with van der Waals surface area (Å²) < 4.78 is 5.64. The molecule has 0 saturated heterocycles. The fourth-order valence-corrected chi connectivity index (χ4v) is 1.45. The number of nitrogens with one attached hydrogen (secondary N) is 1. The van der Waals surface area contributed by atoms with Crippen LogP contribution in [0.1, 0.15) is 32.8 Å². The largest absolute Gasteiger partial charge is 0.481 e. The van der Waals surface area contributed by atoms with Crippen LogP contribution in [0.4, 0.5) is 5.69 Å². The summed E-state index contributed by atoms with van der Waals surface area (Å²) in [6, 6.07) is 5.59. The number of hydrogen-bond acceptors (Lipinski definition) is 3. The molecule has 0 bridgehead atoms. The molecule has 0 aromatic heterocycles. The molecule has 0 aliphatic heterocycles. The van der Waals surface area contributed by atoms with E-state index < -0.39 is 6.10 Å². The Bertz CT molecular complexity index is 418. The SMILES string of the molecule is CCC(C)NC(=O)C(C)Oc1cc(N)ccc1C. The molecule has 0 aliphatic carbocycles. The van der Waals surface area contributed by atoms with Crippen molar-refractivity contribution < 1.29 is 9.53 Å². The van der Waals surface area contributed by atoms with Gasteiger partial charge in [0.25, 0.3) is 5.91 Å². The number of anilines is 1. The number of nitrogen functional groups attached to an aromatic ring is 1. The molecule has 1 rings (SSSR count). The summed E-state index contributed by atoms with van der Waals surface area (Å²) >= 11 is 0. The van der Waals surface area contributed by atoms with Crippen molar-refractivity contribution in [3.8, 4) is 5.75 Å². The van der Waals surface area contributed by atoms with Crippen LogP contribution in [0.2, 0.25) is 0 Å². The number of carbonyl (C=O) groups is 1. The number of nitrogens with two attached hydrogens (primary N) is 1. The van der Waals surface area contributed by atoms with Crippen LogP contribution in [0.3, 0.4) is 0 Å². The first-order chi connectivity index (χ1) is 8.43. The van der Waals surface area contributed by atoms with Crippen molar-refractivity contribution in [2.45, 2.75) is 46.3 Å². The molecule has 18 heavy (non-hydrogen) atoms. The second-order valence-electron chi connectivity index (χ2n) is 4.60. The van der Waals surface area contributed by atoms with E-state index in [1.54, 1.807) is 13.0 Å². The Labute approximate surface area is 109 Å². The van der Waals surface area contributed by atoms with Gasteiger partial charge in [-0.25, -0.2) is 0 Å². The molecule has 2 unspecified atom stereocenters. The van der Waals surface area contributed by atoms with Crippen LogP contribution in [-0.4, -0.2) is 18.1 Å². The lowest BCUT2D eigenvalue weighted by atomic mass is 10.2. The Morgan fingerprint density at radius 2 is 2.11 bits per heavy atom. The van der Waals surface area contributed by atoms with Crippen molar-refractivity contribution in [3.05, 3.63) is 23.8 Å². The minimum absolute atomic E-state index is 0.105. The minimum atomic E-state index is -0.528. The van der Waals surface area contributed by atoms with E-state index in [0.29, 0.717) is 11.4 Å². The van der Waals surface area contributed by atoms with Gasteiger partial charge in [0, 0.05) is 17.8 Å². The third kappa shape index (κ3) is 3.95. The van der Waals surface area contributed by atoms with Crippen LogP contribution >= 0.6 is 0 Å². The molecule has 100 valence electrons. The Balaban J connectivity index is 2.66. The predicted octanol–water partition coefficient (Wildman–Crippen LogP) is 2.26. The number of aryl methyl sites for hydroxylation is 1. The van der Waals surface area contributed by atoms with Gasteiger partial charge >= 0.3 is 0 Å². The van der Waals surface area contributed by atoms with Gasteiger partial charge in [0.15, 0.2) is 6.10 Å². The normalized spacial score (nSPS) is 13.8. The highest BCUT2D eigenvalue weighted by molar-refractivity contribution is 5.81. The van der Waals surface area contributed by atoms with E-state index in [1.165, 1.54) is 0 Å². The van der Waals surface area contributed by atoms with Gasteiger partial charge in [0.2, 0.25) is 0 Å². The highest BCUT2D eigenvalue weighted by atomic mass is 16.5. The molecule has 3 N–H and O–H groups in total. The summed E-state index contributed by atoms with van der Waals surface area (Å²) in [5.41, 5.74) is 7.30. The molecule has 0 heterocycles. The molecule has 2 atom stereocenters. The van der Waals surface area contributed by atoms with Gasteiger partial charge in [-0.05, 0) is 38.8 Å². The fraction of sp³-hybridized carbons (Fsp3) is 0.500. The van der Waals surface area contributed by atoms with Gasteiger partial charge in [-0.15, -0.1) is 0 Å². The first-order valence-electron chi connectivity index (χ1n) is 6.27. The first-order valence-corrected chi connectivity index (χ1v) is 6.27. The Morgan fingerprint density at radius 3 is 2.72 bits per heavy atom. The molecule has 4 heteroatoms. The maximum atomic E-state index is 11.8. The van der Waals surface area contributed by atoms with Crippen molar-refractivity contribution in [1.82, 2.24) is 5.32 Å². The van der Waals surface area contributed by atoms with Gasteiger partial charge in [-0.3, -0.25) is 4.79 Å². The summed E-state index contributed by atoms with van der Waals surface area (Å²) in [4.78, 5) is 11.8. The molecular weight excluding hydrogens is 228 g/mol. The molecule has 0 spiro atoms. The van der Waals surface area contributed by atoms with E-state index in [-0.39, 0.29) is 11.9 Å². The third-order valence-corrected chi connectivity index (χ3v) is 2.89. The van der Waals surface area contributed by atoms with Crippen molar-refractivity contribution >= 4 is 11.6 Å². The zero-order valence-electron chi connectivity index (χ0n) is 11.5. The smallest absolute Gasteiger partial charge is 0.260 e. The van der Waals surface area contributed by atoms with E-state index in [1.807, 2.05) is 32.9 Å². The van der Waals surface area contributed by atoms with Gasteiger partial charge < -0.3 is 15.8 Å². The van der Waals surface area contributed by atoms with E-state index in [4.69, 9.17) is 10.5 Å². The number of benzene rings is 1. The lowest BCUT2D eigenvalue weighted by molar-refractivity contribution is -0.127. The molecule has 0 aliphatic rings. The maximum absolute atomic E-state index is 11.8. The molecule has 1 aromatic rings. The highest BCUT2D eigenvalue weighted by Gasteiger charge is 2.17. The summed E-state index contributed by atoms with van der Waals surface area (Å²) in [5.74, 6) is 0.549. The van der Waals surface area contributed by atoms with E-state index in [2.05, 4.69) is 5.32 Å². The van der Waals surface area contributed by atoms with Crippen LogP contribution < -0.4 is 15.8 Å². The van der Waals surface area contributed by atoms with Crippen LogP contribution in [0.15, 0.2) is 18.2 Å². The number of hydrogen-bond donors (Lipinski definition) is 2. The van der Waals surface area contributed by atoms with E-state index in [9.17, 15) is 4.79 Å². The van der Waals surface area contributed by atoms with Crippen molar-refractivity contribution in [2.75, 3.05) is 5.73 Å². The average molecular weight is 250 g/mol. The van der Waals surface area contributed by atoms with E-state index >= 15 is 0 Å². The molecule has 1 aromatic carbocycles. The highest BCUT2D eigenvalue weighted by Crippen LogP contribution is 2.21. The fourth-order valence-electron chi connectivity index (χ4n) is 1.45. The number of amides is 1. The van der Waals surface area contributed by atoms with Crippen LogP contribution in [0.5, 0.6) is 5.75 Å². The molecule has 1 amide bonds. The van der Waals surface area contributed by atoms with E-state index in [0.717, 1.165) is 12.0 Å². The zero-order valence-corrected chi connectivity index (χ0v) is 11.5. The number of ether oxygens (including phenoxy) is 1. The summed E-state index contributed by atoms with van der Waals surface area (Å²) in [6.07, 6.45) is 0.370. The van der Waals surface area contributed by atoms with Gasteiger partial charge in [-0.1, -0.05) is 13.0 Å². The third-order valence-electron chi connectivity index (χ3n) is 2.89. The monoisotopic (exact) mass is 250 g/mol. The maximum Gasteiger partial charge on any atom is 0.260 e. The van der Waals surface area contributed by atoms with Crippen LogP contribution in [0, 0.1) is 6.92 Å². The second kappa shape index (κ2) is 6.28. The van der Waals surface area contributed by atoms with Gasteiger partial charge in [-0.2, -0.15) is 0 Å². The molecule has 0 radical (unpaired) electrons. The van der Waals surface area contributed by atoms with Gasteiger partial charge in [0.1, 0.15) is 5.75 Å². The summed E-state index contributed by atoms with van der Waals surface area (Å²) in [6.45, 7) is 7.66. The molecule has 0 saturated carbocycles. The lowest BCUT2D eigenvalue weighted by Gasteiger charge is -2.19. The summed E-state index contributed by atoms with van der Waals surface area (Å²) in [5, 5.41) is 2.89. The molecular formula is C14H22N2O2. The zero-order chi connectivity index (χ0) is 13.7. The standard InChI is InChI=1S/C14H22N2O2/c1-5-10(3)16-14(17)11(4)18-13-8-12(15)7-6-9(13)2/h6-8,10-11H,5,15H2,1-4H3,(H,16,17). The quantitative estimate of drug-likeness (QED) is 0.788. The Kier molecular flexibility index (Phi) is 5.01. The first kappa shape index (κ1) is 14.4.